The minimum atomic E-state index is -0.313. The first-order chi connectivity index (χ1) is 9.12. The molecule has 0 atom stereocenters. The number of nitrogens with zero attached hydrogens (tertiary/aromatic N) is 2. The summed E-state index contributed by atoms with van der Waals surface area (Å²) in [6, 6.07) is 3.62. The molecule has 0 spiro atoms. The van der Waals surface area contributed by atoms with E-state index in [1.54, 1.807) is 18.2 Å². The Kier molecular flexibility index (Phi) is 4.44. The maximum Gasteiger partial charge on any atom is 0.240 e. The summed E-state index contributed by atoms with van der Waals surface area (Å²) >= 11 is 0. The van der Waals surface area contributed by atoms with Crippen LogP contribution in [0.5, 0.6) is 0 Å². The van der Waals surface area contributed by atoms with Gasteiger partial charge in [-0.15, -0.1) is 0 Å². The molecular formula is C16H20N2O2. The van der Waals surface area contributed by atoms with Crippen LogP contribution in [0.4, 0.5) is 11.4 Å². The smallest absolute Gasteiger partial charge is 0.211 e. The number of aliphatic imine (C=N–C) groups is 2. The molecule has 0 N–H and O–H groups in total. The maximum atomic E-state index is 10.8. The first-order valence-corrected chi connectivity index (χ1v) is 6.46. The van der Waals surface area contributed by atoms with Gasteiger partial charge in [0.2, 0.25) is 12.2 Å². The molecule has 106 valence electrons. The van der Waals surface area contributed by atoms with Crippen molar-refractivity contribution in [3.8, 4) is 0 Å². The molecule has 4 heteroatoms. The van der Waals surface area contributed by atoms with Gasteiger partial charge in [0.25, 0.3) is 0 Å². The summed E-state index contributed by atoms with van der Waals surface area (Å²) < 4.78 is 0. The first-order valence-electron chi connectivity index (χ1n) is 6.46. The van der Waals surface area contributed by atoms with Gasteiger partial charge < -0.3 is 0 Å². The van der Waals surface area contributed by atoms with Crippen LogP contribution in [0.15, 0.2) is 22.1 Å². The average Bonchev–Trinajstić information content (AvgIpc) is 2.26. The largest absolute Gasteiger partial charge is 0.240 e. The van der Waals surface area contributed by atoms with Crippen molar-refractivity contribution in [3.63, 3.8) is 0 Å². The zero-order chi connectivity index (χ0) is 15.6. The van der Waals surface area contributed by atoms with Crippen LogP contribution >= 0.6 is 0 Å². The summed E-state index contributed by atoms with van der Waals surface area (Å²) in [5.41, 5.74) is 2.24. The van der Waals surface area contributed by atoms with Crippen LogP contribution in [0.1, 0.15) is 52.7 Å². The molecule has 1 aromatic carbocycles. The third-order valence-electron chi connectivity index (χ3n) is 3.04. The summed E-state index contributed by atoms with van der Waals surface area (Å²) in [6.07, 6.45) is 3.17. The lowest BCUT2D eigenvalue weighted by atomic mass is 9.78. The van der Waals surface area contributed by atoms with Crippen LogP contribution in [0.2, 0.25) is 0 Å². The van der Waals surface area contributed by atoms with Crippen molar-refractivity contribution in [1.82, 2.24) is 0 Å². The second-order valence-electron chi connectivity index (χ2n) is 6.76. The van der Waals surface area contributed by atoms with Gasteiger partial charge in [-0.2, -0.15) is 9.98 Å². The van der Waals surface area contributed by atoms with E-state index in [2.05, 4.69) is 9.98 Å². The van der Waals surface area contributed by atoms with E-state index in [-0.39, 0.29) is 10.8 Å². The Hall–Kier alpha value is -2.02. The van der Waals surface area contributed by atoms with Gasteiger partial charge in [0.1, 0.15) is 0 Å². The van der Waals surface area contributed by atoms with E-state index in [0.717, 1.165) is 11.1 Å². The fourth-order valence-electron chi connectivity index (χ4n) is 2.23. The number of hydrogen-bond acceptors (Lipinski definition) is 4. The van der Waals surface area contributed by atoms with E-state index in [9.17, 15) is 9.59 Å². The molecule has 0 saturated carbocycles. The van der Waals surface area contributed by atoms with Crippen molar-refractivity contribution < 1.29 is 9.59 Å². The van der Waals surface area contributed by atoms with E-state index >= 15 is 0 Å². The van der Waals surface area contributed by atoms with Gasteiger partial charge in [0, 0.05) is 5.56 Å². The highest BCUT2D eigenvalue weighted by Crippen LogP contribution is 2.44. The Morgan fingerprint density at radius 3 is 1.80 bits per heavy atom. The van der Waals surface area contributed by atoms with Gasteiger partial charge in [-0.05, 0) is 22.5 Å². The molecule has 4 nitrogen and oxygen atoms in total. The fourth-order valence-corrected chi connectivity index (χ4v) is 2.23. The van der Waals surface area contributed by atoms with Crippen LogP contribution < -0.4 is 0 Å². The molecule has 0 unspecified atom stereocenters. The summed E-state index contributed by atoms with van der Waals surface area (Å²) in [5, 5.41) is 0. The summed E-state index contributed by atoms with van der Waals surface area (Å²) in [7, 11) is 0. The van der Waals surface area contributed by atoms with Gasteiger partial charge in [-0.1, -0.05) is 47.6 Å². The molecule has 0 aromatic heterocycles. The molecule has 0 aliphatic carbocycles. The zero-order valence-corrected chi connectivity index (χ0v) is 12.9. The lowest BCUT2D eigenvalue weighted by Crippen LogP contribution is -2.17. The standard InChI is InChI=1S/C16H20N2O2/c1-15(2,3)11-7-8-12(17-9-19)13(16(4,5)6)14(11)18-10-20/h7-8H,1-6H3. The van der Waals surface area contributed by atoms with E-state index in [0.29, 0.717) is 11.4 Å². The van der Waals surface area contributed by atoms with Crippen LogP contribution in [-0.2, 0) is 20.4 Å². The predicted molar refractivity (Wildman–Crippen MR) is 79.4 cm³/mol. The molecule has 0 bridgehead atoms. The normalized spacial score (nSPS) is 11.5. The molecule has 0 aliphatic rings. The van der Waals surface area contributed by atoms with Gasteiger partial charge in [0.05, 0.1) is 11.4 Å². The Morgan fingerprint density at radius 1 is 0.850 bits per heavy atom. The van der Waals surface area contributed by atoms with Crippen LogP contribution in [0.25, 0.3) is 0 Å². The Balaban J connectivity index is 3.89. The monoisotopic (exact) mass is 272 g/mol. The van der Waals surface area contributed by atoms with Gasteiger partial charge in [0.15, 0.2) is 0 Å². The van der Waals surface area contributed by atoms with E-state index < -0.39 is 0 Å². The molecule has 0 radical (unpaired) electrons. The number of carbonyl (C=O) groups excluding carboxylic acids is 2. The maximum absolute atomic E-state index is 10.8. The quantitative estimate of drug-likeness (QED) is 0.598. The number of benzene rings is 1. The van der Waals surface area contributed by atoms with Crippen molar-refractivity contribution in [2.75, 3.05) is 0 Å². The highest BCUT2D eigenvalue weighted by atomic mass is 16.1. The zero-order valence-electron chi connectivity index (χ0n) is 12.9. The van der Waals surface area contributed by atoms with Gasteiger partial charge in [-0.3, -0.25) is 0 Å². The van der Waals surface area contributed by atoms with Gasteiger partial charge >= 0.3 is 0 Å². The summed E-state index contributed by atoms with van der Waals surface area (Å²) in [4.78, 5) is 29.0. The molecule has 1 rings (SSSR count). The third kappa shape index (κ3) is 3.30. The van der Waals surface area contributed by atoms with Crippen LogP contribution in [0, 0.1) is 0 Å². The van der Waals surface area contributed by atoms with Crippen molar-refractivity contribution in [3.05, 3.63) is 23.3 Å². The third-order valence-corrected chi connectivity index (χ3v) is 3.04. The molecule has 1 aromatic rings. The van der Waals surface area contributed by atoms with Crippen molar-refractivity contribution in [1.29, 1.82) is 0 Å². The topological polar surface area (TPSA) is 58.9 Å². The van der Waals surface area contributed by atoms with E-state index in [4.69, 9.17) is 0 Å². The van der Waals surface area contributed by atoms with Crippen LogP contribution in [0.3, 0.4) is 0 Å². The lowest BCUT2D eigenvalue weighted by Gasteiger charge is -2.28. The first kappa shape index (κ1) is 16.0. The van der Waals surface area contributed by atoms with Crippen molar-refractivity contribution in [2.24, 2.45) is 9.98 Å². The molecule has 0 amide bonds. The SMILES string of the molecule is CC(C)(C)c1ccc(N=C=O)c(C(C)(C)C)c1N=C=O. The predicted octanol–water partition coefficient (Wildman–Crippen LogP) is 4.22. The summed E-state index contributed by atoms with van der Waals surface area (Å²) in [6.45, 7) is 12.1. The Labute approximate surface area is 119 Å². The molecule has 0 aliphatic heterocycles. The van der Waals surface area contributed by atoms with Crippen molar-refractivity contribution in [2.45, 2.75) is 52.4 Å². The molecule has 0 saturated heterocycles. The highest BCUT2D eigenvalue weighted by Gasteiger charge is 2.28. The molecule has 20 heavy (non-hydrogen) atoms. The second kappa shape index (κ2) is 5.54. The second-order valence-corrected chi connectivity index (χ2v) is 6.76. The number of rotatable bonds is 2. The molecular weight excluding hydrogens is 252 g/mol. The molecule has 0 fully saturated rings. The van der Waals surface area contributed by atoms with Crippen LogP contribution in [-0.4, -0.2) is 12.2 Å². The summed E-state index contributed by atoms with van der Waals surface area (Å²) in [5.74, 6) is 0. The van der Waals surface area contributed by atoms with Crippen molar-refractivity contribution >= 4 is 23.5 Å². The Bertz CT molecular complexity index is 607. The Morgan fingerprint density at radius 2 is 1.40 bits per heavy atom. The minimum Gasteiger partial charge on any atom is -0.211 e. The van der Waals surface area contributed by atoms with E-state index in [1.165, 1.54) is 0 Å². The minimum absolute atomic E-state index is 0.181. The fraction of sp³-hybridized carbons (Fsp3) is 0.500. The molecule has 0 heterocycles. The highest BCUT2D eigenvalue weighted by molar-refractivity contribution is 5.72. The average molecular weight is 272 g/mol. The number of hydrogen-bond donors (Lipinski definition) is 0. The van der Waals surface area contributed by atoms with E-state index in [1.807, 2.05) is 47.6 Å². The van der Waals surface area contributed by atoms with Gasteiger partial charge in [-0.25, -0.2) is 9.59 Å². The number of isocyanates is 2. The lowest BCUT2D eigenvalue weighted by molar-refractivity contribution is 0.560.